The Morgan fingerprint density at radius 2 is 1.96 bits per heavy atom. The number of amides is 1. The van der Waals surface area contributed by atoms with Crippen molar-refractivity contribution < 1.29 is 6.22 Å². The van der Waals surface area contributed by atoms with E-state index in [9.17, 15) is 4.79 Å². The largest absolute Gasteiger partial charge is 0.350 e. The van der Waals surface area contributed by atoms with Crippen LogP contribution in [0.1, 0.15) is 65.7 Å². The van der Waals surface area contributed by atoms with Crippen molar-refractivity contribution in [2.75, 3.05) is 0 Å². The summed E-state index contributed by atoms with van der Waals surface area (Å²) in [7, 11) is 0. The number of aromatic nitrogens is 1. The van der Waals surface area contributed by atoms with E-state index in [-0.39, 0.29) is 12.9 Å². The molecule has 0 fully saturated rings. The number of benzene rings is 1. The van der Waals surface area contributed by atoms with E-state index in [0.717, 1.165) is 25.7 Å². The number of carbonyl (C=O) groups is 1. The van der Waals surface area contributed by atoms with Crippen molar-refractivity contribution in [2.45, 2.75) is 79.3 Å². The van der Waals surface area contributed by atoms with Crippen LogP contribution in [0, 0.1) is 6.92 Å². The van der Waals surface area contributed by atoms with Crippen molar-refractivity contribution in [3.63, 3.8) is 0 Å². The SMILES string of the molecule is CCCCc1c(CC)c2cc(C)ccc2n1CC(=O)NC(C)(C)C.[HH]. The fourth-order valence-electron chi connectivity index (χ4n) is 3.40. The maximum atomic E-state index is 12.5. The Bertz CT molecular complexity index is 726. The molecule has 0 aliphatic heterocycles. The first-order valence-electron chi connectivity index (χ1n) is 9.18. The lowest BCUT2D eigenvalue weighted by molar-refractivity contribution is -0.123. The van der Waals surface area contributed by atoms with E-state index >= 15 is 0 Å². The summed E-state index contributed by atoms with van der Waals surface area (Å²) in [5.74, 6) is 0.0837. The van der Waals surface area contributed by atoms with Crippen molar-refractivity contribution in [1.29, 1.82) is 0 Å². The van der Waals surface area contributed by atoms with Crippen LogP contribution in [-0.2, 0) is 24.2 Å². The first-order valence-corrected chi connectivity index (χ1v) is 9.18. The lowest BCUT2D eigenvalue weighted by atomic mass is 10.0. The van der Waals surface area contributed by atoms with E-state index in [1.54, 1.807) is 0 Å². The molecule has 1 amide bonds. The first-order chi connectivity index (χ1) is 11.3. The number of nitrogens with zero attached hydrogens (tertiary/aromatic N) is 1. The monoisotopic (exact) mass is 330 g/mol. The summed E-state index contributed by atoms with van der Waals surface area (Å²) in [4.78, 5) is 12.5. The van der Waals surface area contributed by atoms with Crippen molar-refractivity contribution >= 4 is 16.8 Å². The van der Waals surface area contributed by atoms with E-state index in [0.29, 0.717) is 6.54 Å². The van der Waals surface area contributed by atoms with Gasteiger partial charge in [0.1, 0.15) is 6.54 Å². The zero-order valence-electron chi connectivity index (χ0n) is 16.1. The van der Waals surface area contributed by atoms with E-state index in [4.69, 9.17) is 0 Å². The fourth-order valence-corrected chi connectivity index (χ4v) is 3.40. The molecule has 1 N–H and O–H groups in total. The zero-order chi connectivity index (χ0) is 17.9. The van der Waals surface area contributed by atoms with Crippen LogP contribution in [0.2, 0.25) is 0 Å². The highest BCUT2D eigenvalue weighted by atomic mass is 16.2. The molecule has 0 saturated carbocycles. The maximum absolute atomic E-state index is 12.5. The third kappa shape index (κ3) is 4.19. The number of hydrogen-bond acceptors (Lipinski definition) is 1. The summed E-state index contributed by atoms with van der Waals surface area (Å²) in [6.45, 7) is 13.0. The lowest BCUT2D eigenvalue weighted by Crippen LogP contribution is -2.42. The van der Waals surface area contributed by atoms with Crippen LogP contribution >= 0.6 is 0 Å². The van der Waals surface area contributed by atoms with Gasteiger partial charge in [-0.2, -0.15) is 0 Å². The summed E-state index contributed by atoms with van der Waals surface area (Å²) in [5, 5.41) is 4.41. The molecule has 0 bridgehead atoms. The molecule has 0 radical (unpaired) electrons. The van der Waals surface area contributed by atoms with Gasteiger partial charge < -0.3 is 9.88 Å². The Hall–Kier alpha value is -1.77. The second-order valence-electron chi connectivity index (χ2n) is 7.79. The molecule has 3 heteroatoms. The van der Waals surface area contributed by atoms with Gasteiger partial charge in [-0.15, -0.1) is 0 Å². The average molecular weight is 331 g/mol. The quantitative estimate of drug-likeness (QED) is 0.793. The molecule has 3 nitrogen and oxygen atoms in total. The topological polar surface area (TPSA) is 34.0 Å². The van der Waals surface area contributed by atoms with Crippen molar-refractivity contribution in [3.8, 4) is 0 Å². The number of hydrogen-bond donors (Lipinski definition) is 1. The molecule has 0 aliphatic carbocycles. The van der Waals surface area contributed by atoms with Crippen LogP contribution in [0.3, 0.4) is 0 Å². The second kappa shape index (κ2) is 7.42. The van der Waals surface area contributed by atoms with Gasteiger partial charge in [-0.3, -0.25) is 4.79 Å². The van der Waals surface area contributed by atoms with Crippen molar-refractivity contribution in [1.82, 2.24) is 9.88 Å². The molecule has 0 atom stereocenters. The summed E-state index contributed by atoms with van der Waals surface area (Å²) in [6, 6.07) is 6.58. The summed E-state index contributed by atoms with van der Waals surface area (Å²) in [6.07, 6.45) is 4.37. The molecule has 0 spiro atoms. The predicted molar refractivity (Wildman–Crippen MR) is 105 cm³/mol. The minimum atomic E-state index is -0.201. The Kier molecular flexibility index (Phi) is 5.74. The van der Waals surface area contributed by atoms with Crippen LogP contribution in [0.25, 0.3) is 10.9 Å². The Labute approximate surface area is 147 Å². The van der Waals surface area contributed by atoms with Crippen LogP contribution in [-0.4, -0.2) is 16.0 Å². The minimum absolute atomic E-state index is 0. The number of rotatable bonds is 6. The van der Waals surface area contributed by atoms with E-state index < -0.39 is 0 Å². The minimum Gasteiger partial charge on any atom is -0.350 e. The van der Waals surface area contributed by atoms with Gasteiger partial charge in [-0.1, -0.05) is 31.9 Å². The van der Waals surface area contributed by atoms with Crippen LogP contribution in [0.4, 0.5) is 0 Å². The molecular formula is C21H34N2O. The maximum Gasteiger partial charge on any atom is 0.240 e. The van der Waals surface area contributed by atoms with Gasteiger partial charge in [-0.25, -0.2) is 0 Å². The van der Waals surface area contributed by atoms with Gasteiger partial charge in [-0.05, 0) is 64.7 Å². The highest BCUT2D eigenvalue weighted by Gasteiger charge is 2.20. The number of unbranched alkanes of at least 4 members (excludes halogenated alkanes) is 1. The number of nitrogens with one attached hydrogen (secondary N) is 1. The third-order valence-electron chi connectivity index (χ3n) is 4.38. The molecule has 134 valence electrons. The van der Waals surface area contributed by atoms with Gasteiger partial charge in [0.25, 0.3) is 0 Å². The van der Waals surface area contributed by atoms with Gasteiger partial charge in [0.2, 0.25) is 5.91 Å². The molecule has 1 heterocycles. The van der Waals surface area contributed by atoms with Crippen molar-refractivity contribution in [2.24, 2.45) is 0 Å². The number of aryl methyl sites for hydroxylation is 2. The Morgan fingerprint density at radius 3 is 2.54 bits per heavy atom. The third-order valence-corrected chi connectivity index (χ3v) is 4.38. The smallest absolute Gasteiger partial charge is 0.240 e. The summed E-state index contributed by atoms with van der Waals surface area (Å²) < 4.78 is 2.24. The van der Waals surface area contributed by atoms with Crippen LogP contribution < -0.4 is 5.32 Å². The van der Waals surface area contributed by atoms with Gasteiger partial charge in [0, 0.05) is 23.6 Å². The van der Waals surface area contributed by atoms with E-state index in [1.807, 2.05) is 20.8 Å². The number of carbonyl (C=O) groups excluding carboxylic acids is 1. The molecular weight excluding hydrogens is 296 g/mol. The molecule has 0 aliphatic rings. The van der Waals surface area contributed by atoms with Gasteiger partial charge in [0.15, 0.2) is 0 Å². The highest BCUT2D eigenvalue weighted by Crippen LogP contribution is 2.29. The van der Waals surface area contributed by atoms with Gasteiger partial charge in [0.05, 0.1) is 0 Å². The Balaban J connectivity index is 0.00000312. The molecule has 1 aromatic carbocycles. The van der Waals surface area contributed by atoms with Gasteiger partial charge >= 0.3 is 0 Å². The molecule has 0 saturated heterocycles. The molecule has 2 rings (SSSR count). The lowest BCUT2D eigenvalue weighted by Gasteiger charge is -2.21. The first kappa shape index (κ1) is 18.6. The fraction of sp³-hybridized carbons (Fsp3) is 0.571. The Morgan fingerprint density at radius 1 is 1.25 bits per heavy atom. The van der Waals surface area contributed by atoms with E-state index in [2.05, 4.69) is 48.9 Å². The standard InChI is InChI=1S/C21H32N2O.H2/c1-7-9-10-18-16(8-2)17-13-15(3)11-12-19(17)23(18)14-20(24)22-21(4,5)6;/h11-13H,7-10,14H2,1-6H3,(H,22,24);1H. The second-order valence-corrected chi connectivity index (χ2v) is 7.79. The highest BCUT2D eigenvalue weighted by molar-refractivity contribution is 5.88. The molecule has 2 aromatic rings. The van der Waals surface area contributed by atoms with Crippen LogP contribution in [0.15, 0.2) is 18.2 Å². The molecule has 24 heavy (non-hydrogen) atoms. The predicted octanol–water partition coefficient (Wildman–Crippen LogP) is 5.02. The van der Waals surface area contributed by atoms with Crippen molar-refractivity contribution in [3.05, 3.63) is 35.0 Å². The number of fused-ring (bicyclic) bond motifs is 1. The average Bonchev–Trinajstić information content (AvgIpc) is 2.75. The molecule has 1 aromatic heterocycles. The zero-order valence-corrected chi connectivity index (χ0v) is 16.1. The normalized spacial score (nSPS) is 11.9. The van der Waals surface area contributed by atoms with Crippen LogP contribution in [0.5, 0.6) is 0 Å². The molecule has 0 unspecified atom stereocenters. The summed E-state index contributed by atoms with van der Waals surface area (Å²) in [5.41, 5.74) is 5.01. The van der Waals surface area contributed by atoms with E-state index in [1.165, 1.54) is 27.7 Å². The summed E-state index contributed by atoms with van der Waals surface area (Å²) >= 11 is 0.